The molecule has 3 aromatic rings. The third-order valence-corrected chi connectivity index (χ3v) is 3.11. The van der Waals surface area contributed by atoms with E-state index in [-0.39, 0.29) is 17.5 Å². The van der Waals surface area contributed by atoms with Crippen LogP contribution >= 0.6 is 0 Å². The number of aromatic nitrogens is 3. The lowest BCUT2D eigenvalue weighted by atomic mass is 10.1. The molecule has 6 heteroatoms. The molecule has 0 bridgehead atoms. The summed E-state index contributed by atoms with van der Waals surface area (Å²) in [5, 5.41) is 12.6. The normalized spacial score (nSPS) is 11.2. The number of aliphatic carboxylic acids is 1. The Morgan fingerprint density at radius 2 is 2.16 bits per heavy atom. The Morgan fingerprint density at radius 1 is 1.42 bits per heavy atom. The van der Waals surface area contributed by atoms with Crippen LogP contribution in [0.15, 0.2) is 29.1 Å². The van der Waals surface area contributed by atoms with Crippen molar-refractivity contribution in [3.05, 3.63) is 45.9 Å². The molecule has 19 heavy (non-hydrogen) atoms. The number of nitrogens with zero attached hydrogens (tertiary/aromatic N) is 2. The first-order valence-electron chi connectivity index (χ1n) is 5.78. The van der Waals surface area contributed by atoms with Crippen LogP contribution in [0.1, 0.15) is 11.3 Å². The Labute approximate surface area is 107 Å². The number of nitrogens with one attached hydrogen (secondary N) is 1. The van der Waals surface area contributed by atoms with Crippen LogP contribution < -0.4 is 5.56 Å². The van der Waals surface area contributed by atoms with E-state index in [0.717, 1.165) is 10.9 Å². The average Bonchev–Trinajstić information content (AvgIpc) is 2.73. The first-order valence-corrected chi connectivity index (χ1v) is 5.78. The molecule has 3 rings (SSSR count). The summed E-state index contributed by atoms with van der Waals surface area (Å²) in [6.45, 7) is 1.65. The Hall–Kier alpha value is -2.63. The highest BCUT2D eigenvalue weighted by molar-refractivity contribution is 5.92. The average molecular weight is 257 g/mol. The molecule has 1 aromatic carbocycles. The van der Waals surface area contributed by atoms with Gasteiger partial charge in [-0.2, -0.15) is 0 Å². The first kappa shape index (κ1) is 11.5. The van der Waals surface area contributed by atoms with Crippen molar-refractivity contribution in [3.63, 3.8) is 0 Å². The minimum absolute atomic E-state index is 0.205. The number of carboxylic acids is 1. The Kier molecular flexibility index (Phi) is 2.38. The third kappa shape index (κ3) is 1.69. The maximum absolute atomic E-state index is 12.3. The van der Waals surface area contributed by atoms with Gasteiger partial charge >= 0.3 is 5.97 Å². The lowest BCUT2D eigenvalue weighted by Gasteiger charge is -2.02. The first-order chi connectivity index (χ1) is 9.08. The van der Waals surface area contributed by atoms with Crippen molar-refractivity contribution >= 4 is 22.5 Å². The van der Waals surface area contributed by atoms with Crippen LogP contribution in [-0.4, -0.2) is 25.7 Å². The second kappa shape index (κ2) is 3.94. The number of carboxylic acid groups (broad SMARTS) is 1. The molecule has 0 aliphatic carbocycles. The monoisotopic (exact) mass is 257 g/mol. The van der Waals surface area contributed by atoms with E-state index in [1.54, 1.807) is 6.92 Å². The molecule has 0 aliphatic rings. The van der Waals surface area contributed by atoms with Gasteiger partial charge in [0.05, 0.1) is 17.5 Å². The standard InChI is InChI=1S/C13H11N3O3/c1-7-9(6-11(17)18)13(19)16-12(14-7)8-4-2-3-5-10(8)15-16/h2-5,15H,6H2,1H3,(H,17,18). The molecule has 2 N–H and O–H groups in total. The van der Waals surface area contributed by atoms with Gasteiger partial charge in [-0.15, -0.1) is 0 Å². The van der Waals surface area contributed by atoms with Gasteiger partial charge in [-0.05, 0) is 19.1 Å². The molecular weight excluding hydrogens is 246 g/mol. The molecule has 6 nitrogen and oxygen atoms in total. The van der Waals surface area contributed by atoms with Gasteiger partial charge in [0.15, 0.2) is 5.65 Å². The minimum atomic E-state index is -1.04. The Morgan fingerprint density at radius 3 is 2.89 bits per heavy atom. The van der Waals surface area contributed by atoms with Gasteiger partial charge in [0.2, 0.25) is 0 Å². The number of hydrogen-bond acceptors (Lipinski definition) is 3. The van der Waals surface area contributed by atoms with Crippen molar-refractivity contribution in [1.29, 1.82) is 0 Å². The van der Waals surface area contributed by atoms with Crippen molar-refractivity contribution in [3.8, 4) is 0 Å². The van der Waals surface area contributed by atoms with E-state index in [2.05, 4.69) is 10.1 Å². The maximum Gasteiger partial charge on any atom is 0.308 e. The molecular formula is C13H11N3O3. The van der Waals surface area contributed by atoms with E-state index in [1.807, 2.05) is 24.3 Å². The summed E-state index contributed by atoms with van der Waals surface area (Å²) in [5.41, 5.74) is 1.61. The maximum atomic E-state index is 12.3. The summed E-state index contributed by atoms with van der Waals surface area (Å²) >= 11 is 0. The van der Waals surface area contributed by atoms with Gasteiger partial charge in [0.1, 0.15) is 0 Å². The number of benzene rings is 1. The second-order valence-electron chi connectivity index (χ2n) is 4.37. The Bertz CT molecular complexity index is 861. The fraction of sp³-hybridized carbons (Fsp3) is 0.154. The van der Waals surface area contributed by atoms with Crippen molar-refractivity contribution < 1.29 is 9.90 Å². The molecule has 96 valence electrons. The second-order valence-corrected chi connectivity index (χ2v) is 4.37. The summed E-state index contributed by atoms with van der Waals surface area (Å²) in [6, 6.07) is 7.43. The van der Waals surface area contributed by atoms with Gasteiger partial charge in [-0.1, -0.05) is 12.1 Å². The van der Waals surface area contributed by atoms with E-state index in [4.69, 9.17) is 5.11 Å². The zero-order chi connectivity index (χ0) is 13.6. The Balaban J connectivity index is 2.42. The lowest BCUT2D eigenvalue weighted by molar-refractivity contribution is -0.136. The van der Waals surface area contributed by atoms with Gasteiger partial charge in [-0.3, -0.25) is 14.7 Å². The zero-order valence-electron chi connectivity index (χ0n) is 10.2. The molecule has 0 aliphatic heterocycles. The molecule has 0 saturated heterocycles. The summed E-state index contributed by atoms with van der Waals surface area (Å²) < 4.78 is 1.30. The molecule has 0 atom stereocenters. The van der Waals surface area contributed by atoms with Crippen LogP contribution in [0.4, 0.5) is 0 Å². The van der Waals surface area contributed by atoms with E-state index in [1.165, 1.54) is 4.52 Å². The highest BCUT2D eigenvalue weighted by Gasteiger charge is 2.15. The van der Waals surface area contributed by atoms with Crippen LogP contribution in [0, 0.1) is 6.92 Å². The van der Waals surface area contributed by atoms with E-state index >= 15 is 0 Å². The van der Waals surface area contributed by atoms with Gasteiger partial charge in [0.25, 0.3) is 5.56 Å². The minimum Gasteiger partial charge on any atom is -0.481 e. The van der Waals surface area contributed by atoms with Gasteiger partial charge in [0, 0.05) is 11.1 Å². The number of aromatic amines is 1. The molecule has 0 radical (unpaired) electrons. The largest absolute Gasteiger partial charge is 0.481 e. The van der Waals surface area contributed by atoms with Crippen LogP contribution in [-0.2, 0) is 11.2 Å². The summed E-state index contributed by atoms with van der Waals surface area (Å²) in [4.78, 5) is 27.4. The molecule has 0 saturated carbocycles. The summed E-state index contributed by atoms with van der Waals surface area (Å²) in [5.74, 6) is -1.04. The van der Waals surface area contributed by atoms with Crippen molar-refractivity contribution in [2.24, 2.45) is 0 Å². The van der Waals surface area contributed by atoms with Crippen molar-refractivity contribution in [1.82, 2.24) is 14.6 Å². The lowest BCUT2D eigenvalue weighted by Crippen LogP contribution is -2.23. The number of H-pyrrole nitrogens is 1. The third-order valence-electron chi connectivity index (χ3n) is 3.11. The van der Waals surface area contributed by atoms with E-state index < -0.39 is 5.97 Å². The number of fused-ring (bicyclic) bond motifs is 3. The molecule has 0 fully saturated rings. The fourth-order valence-corrected chi connectivity index (χ4v) is 2.20. The number of hydrogen-bond donors (Lipinski definition) is 2. The van der Waals surface area contributed by atoms with Crippen LogP contribution in [0.2, 0.25) is 0 Å². The quantitative estimate of drug-likeness (QED) is 0.720. The number of rotatable bonds is 2. The summed E-state index contributed by atoms with van der Waals surface area (Å²) in [6.07, 6.45) is -0.323. The van der Waals surface area contributed by atoms with Crippen LogP contribution in [0.5, 0.6) is 0 Å². The SMILES string of the molecule is Cc1nc2c3ccccc3[nH]n2c(=O)c1CC(=O)O. The predicted molar refractivity (Wildman–Crippen MR) is 69.4 cm³/mol. The van der Waals surface area contributed by atoms with Gasteiger partial charge in [-0.25, -0.2) is 9.50 Å². The van der Waals surface area contributed by atoms with Crippen molar-refractivity contribution in [2.45, 2.75) is 13.3 Å². The molecule has 2 aromatic heterocycles. The number of aryl methyl sites for hydroxylation is 1. The fourth-order valence-electron chi connectivity index (χ4n) is 2.20. The number of para-hydroxylation sites is 1. The predicted octanol–water partition coefficient (Wildman–Crippen LogP) is 1.11. The molecule has 0 unspecified atom stereocenters. The summed E-state index contributed by atoms with van der Waals surface area (Å²) in [7, 11) is 0. The topological polar surface area (TPSA) is 87.5 Å². The smallest absolute Gasteiger partial charge is 0.308 e. The highest BCUT2D eigenvalue weighted by Crippen LogP contribution is 2.17. The van der Waals surface area contributed by atoms with E-state index in [9.17, 15) is 9.59 Å². The van der Waals surface area contributed by atoms with Crippen LogP contribution in [0.25, 0.3) is 16.6 Å². The molecule has 0 amide bonds. The van der Waals surface area contributed by atoms with E-state index in [0.29, 0.717) is 11.3 Å². The van der Waals surface area contributed by atoms with Gasteiger partial charge < -0.3 is 5.11 Å². The zero-order valence-corrected chi connectivity index (χ0v) is 10.2. The highest BCUT2D eigenvalue weighted by atomic mass is 16.4. The molecule has 2 heterocycles. The number of carbonyl (C=O) groups is 1. The van der Waals surface area contributed by atoms with Crippen LogP contribution in [0.3, 0.4) is 0 Å². The van der Waals surface area contributed by atoms with Crippen molar-refractivity contribution in [2.75, 3.05) is 0 Å². The molecule has 0 spiro atoms.